The Morgan fingerprint density at radius 3 is 1.56 bits per heavy atom. The minimum atomic E-state index is -3.87. The van der Waals surface area contributed by atoms with Crippen LogP contribution in [0.2, 0.25) is 0 Å². The Balaban J connectivity index is 4.32. The molecule has 0 fully saturated rings. The highest BCUT2D eigenvalue weighted by atomic mass is 19.3. The minimum absolute atomic E-state index is 0.654. The van der Waals surface area contributed by atoms with Crippen LogP contribution in [0.5, 0.6) is 0 Å². The molecule has 0 amide bonds. The van der Waals surface area contributed by atoms with Crippen LogP contribution in [0.25, 0.3) is 0 Å². The zero-order chi connectivity index (χ0) is 7.71. The van der Waals surface area contributed by atoms with Gasteiger partial charge in [0.25, 0.3) is 0 Å². The molecule has 0 bridgehead atoms. The Hall–Kier alpha value is -0.540. The van der Waals surface area contributed by atoms with Crippen molar-refractivity contribution in [3.05, 3.63) is 0 Å². The predicted octanol–water partition coefficient (Wildman–Crippen LogP) is 1.57. The third-order valence-corrected chi connectivity index (χ3v) is 0.941. The molecule has 0 saturated carbocycles. The molecule has 0 aromatic rings. The second kappa shape index (κ2) is 2.01. The van der Waals surface area contributed by atoms with E-state index in [-0.39, 0.29) is 0 Å². The maximum absolute atomic E-state index is 12.2. The lowest BCUT2D eigenvalue weighted by Crippen LogP contribution is -2.39. The minimum Gasteiger partial charge on any atom is -0.297 e. The normalized spacial score (nSPS) is 13.4. The molecule has 54 valence electrons. The van der Waals surface area contributed by atoms with E-state index in [2.05, 4.69) is 0 Å². The topological polar surface area (TPSA) is 17.1 Å². The first-order valence-electron chi connectivity index (χ1n) is 2.34. The number of aldehydes is 1. The highest BCUT2D eigenvalue weighted by Crippen LogP contribution is 2.29. The van der Waals surface area contributed by atoms with E-state index in [1.54, 1.807) is 0 Å². The molecule has 0 heterocycles. The highest BCUT2D eigenvalue weighted by molar-refractivity contribution is 5.61. The summed E-state index contributed by atoms with van der Waals surface area (Å²) in [5.74, 6) is -3.87. The smallest absolute Gasteiger partial charge is 0.297 e. The average Bonchev–Trinajstić information content (AvgIpc) is 1.64. The highest BCUT2D eigenvalue weighted by Gasteiger charge is 2.47. The molecule has 0 rings (SSSR count). The van der Waals surface area contributed by atoms with E-state index in [0.717, 1.165) is 0 Å². The van der Waals surface area contributed by atoms with Gasteiger partial charge in [-0.3, -0.25) is 4.79 Å². The van der Waals surface area contributed by atoms with Gasteiger partial charge in [-0.2, -0.15) is 8.78 Å². The van der Waals surface area contributed by atoms with E-state index in [1.807, 2.05) is 0 Å². The molecule has 0 N–H and O–H groups in total. The van der Waals surface area contributed by atoms with E-state index in [1.165, 1.54) is 0 Å². The van der Waals surface area contributed by atoms with Crippen LogP contribution in [0.15, 0.2) is 0 Å². The summed E-state index contributed by atoms with van der Waals surface area (Å²) >= 11 is 0. The number of alkyl halides is 3. The number of carbonyl (C=O) groups excluding carboxylic acids is 1. The van der Waals surface area contributed by atoms with Crippen LogP contribution >= 0.6 is 0 Å². The zero-order valence-corrected chi connectivity index (χ0v) is 5.12. The van der Waals surface area contributed by atoms with E-state index < -0.39 is 17.9 Å². The number of hydrogen-bond donors (Lipinski definition) is 0. The maximum atomic E-state index is 12.2. The number of rotatable bonds is 2. The molecule has 0 aliphatic rings. The lowest BCUT2D eigenvalue weighted by atomic mass is 10.1. The molecular weight excluding hydrogens is 133 g/mol. The molecule has 1 nitrogen and oxygen atoms in total. The Kier molecular flexibility index (Phi) is 1.88. The van der Waals surface area contributed by atoms with Crippen molar-refractivity contribution in [1.29, 1.82) is 0 Å². The summed E-state index contributed by atoms with van der Waals surface area (Å²) in [6, 6.07) is 0. The van der Waals surface area contributed by atoms with Crippen LogP contribution in [0.4, 0.5) is 13.2 Å². The van der Waals surface area contributed by atoms with E-state index in [0.29, 0.717) is 13.8 Å². The van der Waals surface area contributed by atoms with Crippen molar-refractivity contribution >= 4 is 6.29 Å². The lowest BCUT2D eigenvalue weighted by molar-refractivity contribution is -0.150. The first kappa shape index (κ1) is 8.46. The molecule has 4 heteroatoms. The van der Waals surface area contributed by atoms with Crippen LogP contribution in [0.3, 0.4) is 0 Å². The first-order valence-corrected chi connectivity index (χ1v) is 2.34. The maximum Gasteiger partial charge on any atom is 0.334 e. The number of carbonyl (C=O) groups is 1. The zero-order valence-electron chi connectivity index (χ0n) is 5.12. The van der Waals surface area contributed by atoms with Gasteiger partial charge in [-0.15, -0.1) is 0 Å². The van der Waals surface area contributed by atoms with Gasteiger partial charge in [0, 0.05) is 0 Å². The third-order valence-electron chi connectivity index (χ3n) is 0.941. The standard InChI is InChI=1S/C5H7F3O/c1-4(2,6)5(7,8)3-9/h3H,1-2H3. The molecule has 0 aliphatic carbocycles. The summed E-state index contributed by atoms with van der Waals surface area (Å²) in [6.45, 7) is 1.31. The lowest BCUT2D eigenvalue weighted by Gasteiger charge is -2.20. The summed E-state index contributed by atoms with van der Waals surface area (Å²) in [5, 5.41) is 0. The molecule has 0 saturated heterocycles. The molecule has 0 radical (unpaired) electrons. The van der Waals surface area contributed by atoms with Gasteiger partial charge in [0.05, 0.1) is 0 Å². The number of hydrogen-bond acceptors (Lipinski definition) is 1. The molecule has 0 unspecified atom stereocenters. The van der Waals surface area contributed by atoms with Crippen LogP contribution in [-0.2, 0) is 4.79 Å². The fraction of sp³-hybridized carbons (Fsp3) is 0.800. The fourth-order valence-electron chi connectivity index (χ4n) is 0.140. The molecule has 0 aliphatic heterocycles. The molecule has 0 spiro atoms. The largest absolute Gasteiger partial charge is 0.334 e. The van der Waals surface area contributed by atoms with E-state index >= 15 is 0 Å². The van der Waals surface area contributed by atoms with Gasteiger partial charge < -0.3 is 0 Å². The van der Waals surface area contributed by atoms with Crippen LogP contribution < -0.4 is 0 Å². The van der Waals surface area contributed by atoms with Crippen molar-refractivity contribution < 1.29 is 18.0 Å². The summed E-state index contributed by atoms with van der Waals surface area (Å²) < 4.78 is 36.0. The van der Waals surface area contributed by atoms with Gasteiger partial charge in [-0.05, 0) is 13.8 Å². The second-order valence-electron chi connectivity index (χ2n) is 2.21. The predicted molar refractivity (Wildman–Crippen MR) is 26.2 cm³/mol. The quantitative estimate of drug-likeness (QED) is 0.532. The third kappa shape index (κ3) is 1.69. The van der Waals surface area contributed by atoms with Crippen LogP contribution in [0.1, 0.15) is 13.8 Å². The monoisotopic (exact) mass is 140 g/mol. The van der Waals surface area contributed by atoms with Crippen molar-refractivity contribution in [3.8, 4) is 0 Å². The van der Waals surface area contributed by atoms with Crippen LogP contribution in [0, 0.1) is 0 Å². The molecular formula is C5H7F3O. The Morgan fingerprint density at radius 2 is 1.56 bits per heavy atom. The summed E-state index contributed by atoms with van der Waals surface area (Å²) in [4.78, 5) is 9.48. The molecule has 0 aromatic heterocycles. The van der Waals surface area contributed by atoms with E-state index in [4.69, 9.17) is 0 Å². The van der Waals surface area contributed by atoms with Gasteiger partial charge in [-0.25, -0.2) is 4.39 Å². The Morgan fingerprint density at radius 1 is 1.22 bits per heavy atom. The number of halogens is 3. The van der Waals surface area contributed by atoms with E-state index in [9.17, 15) is 18.0 Å². The SMILES string of the molecule is CC(C)(F)C(F)(F)C=O. The van der Waals surface area contributed by atoms with Gasteiger partial charge in [0.2, 0.25) is 0 Å². The molecule has 0 aromatic carbocycles. The van der Waals surface area contributed by atoms with Gasteiger partial charge >= 0.3 is 5.92 Å². The Labute approximate surface area is 50.9 Å². The average molecular weight is 140 g/mol. The Bertz CT molecular complexity index is 114. The van der Waals surface area contributed by atoms with Crippen molar-refractivity contribution in [3.63, 3.8) is 0 Å². The molecule has 9 heavy (non-hydrogen) atoms. The fourth-order valence-corrected chi connectivity index (χ4v) is 0.140. The van der Waals surface area contributed by atoms with Crippen molar-refractivity contribution in [2.45, 2.75) is 25.4 Å². The molecule has 0 atom stereocenters. The summed E-state index contributed by atoms with van der Waals surface area (Å²) in [6.07, 6.45) is -0.688. The van der Waals surface area contributed by atoms with Crippen molar-refractivity contribution in [2.75, 3.05) is 0 Å². The first-order chi connectivity index (χ1) is 3.81. The van der Waals surface area contributed by atoms with Gasteiger partial charge in [0.15, 0.2) is 12.0 Å². The summed E-state index contributed by atoms with van der Waals surface area (Å²) in [7, 11) is 0. The second-order valence-corrected chi connectivity index (χ2v) is 2.21. The van der Waals surface area contributed by atoms with Gasteiger partial charge in [0.1, 0.15) is 0 Å². The van der Waals surface area contributed by atoms with Crippen LogP contribution in [-0.4, -0.2) is 17.9 Å². The van der Waals surface area contributed by atoms with Gasteiger partial charge in [-0.1, -0.05) is 0 Å². The van der Waals surface area contributed by atoms with Crippen molar-refractivity contribution in [2.24, 2.45) is 0 Å². The van der Waals surface area contributed by atoms with Crippen molar-refractivity contribution in [1.82, 2.24) is 0 Å². The summed E-state index contributed by atoms with van der Waals surface area (Å²) in [5.41, 5.74) is -2.76.